The zero-order valence-electron chi connectivity index (χ0n) is 14.8. The summed E-state index contributed by atoms with van der Waals surface area (Å²) in [7, 11) is 0. The van der Waals surface area contributed by atoms with Gasteiger partial charge >= 0.3 is 6.09 Å². The molecule has 0 radical (unpaired) electrons. The summed E-state index contributed by atoms with van der Waals surface area (Å²) in [5, 5.41) is 2.81. The van der Waals surface area contributed by atoms with Crippen molar-refractivity contribution < 1.29 is 19.1 Å². The number of halogens is 1. The molecule has 0 aliphatic carbocycles. The molecule has 0 saturated heterocycles. The Kier molecular flexibility index (Phi) is 7.34. The van der Waals surface area contributed by atoms with Gasteiger partial charge in [-0.05, 0) is 25.1 Å². The van der Waals surface area contributed by atoms with Gasteiger partial charge in [0.05, 0.1) is 18.8 Å². The summed E-state index contributed by atoms with van der Waals surface area (Å²) in [6.45, 7) is 1.35. The molecule has 0 heterocycles. The number of hydrogen-bond donors (Lipinski definition) is 2. The molecule has 3 N–H and O–H groups in total. The number of benzene rings is 2. The fraction of sp³-hybridized carbons (Fsp3) is 0.211. The van der Waals surface area contributed by atoms with Crippen molar-refractivity contribution in [3.8, 4) is 0 Å². The number of alkyl carbamates (subject to hydrolysis) is 1. The van der Waals surface area contributed by atoms with Crippen LogP contribution in [0.15, 0.2) is 48.5 Å². The Morgan fingerprint density at radius 3 is 2.48 bits per heavy atom. The predicted octanol–water partition coefficient (Wildman–Crippen LogP) is 2.57. The van der Waals surface area contributed by atoms with Gasteiger partial charge in [-0.15, -0.1) is 0 Å². The number of anilines is 1. The number of ether oxygens (including phenoxy) is 1. The van der Waals surface area contributed by atoms with Crippen LogP contribution in [-0.2, 0) is 9.53 Å². The van der Waals surface area contributed by atoms with E-state index in [1.807, 2.05) is 0 Å². The number of amides is 2. The molecule has 0 unspecified atom stereocenters. The van der Waals surface area contributed by atoms with Crippen molar-refractivity contribution in [2.75, 3.05) is 24.7 Å². The topological polar surface area (TPSA) is 102 Å². The number of carbonyl (C=O) groups is 3. The van der Waals surface area contributed by atoms with E-state index in [1.165, 1.54) is 11.0 Å². The first-order valence-corrected chi connectivity index (χ1v) is 8.66. The van der Waals surface area contributed by atoms with Crippen LogP contribution in [-0.4, -0.2) is 37.6 Å². The van der Waals surface area contributed by atoms with Crippen molar-refractivity contribution in [1.29, 1.82) is 0 Å². The normalized spacial score (nSPS) is 10.2. The minimum atomic E-state index is -0.683. The van der Waals surface area contributed by atoms with Gasteiger partial charge in [-0.2, -0.15) is 0 Å². The fourth-order valence-corrected chi connectivity index (χ4v) is 2.59. The molecular formula is C19H20ClN3O4. The van der Waals surface area contributed by atoms with Crippen LogP contribution >= 0.6 is 11.6 Å². The van der Waals surface area contributed by atoms with Crippen molar-refractivity contribution in [1.82, 2.24) is 5.32 Å². The van der Waals surface area contributed by atoms with Gasteiger partial charge < -0.3 is 15.8 Å². The zero-order chi connectivity index (χ0) is 19.8. The Labute approximate surface area is 162 Å². The Morgan fingerprint density at radius 1 is 1.15 bits per heavy atom. The van der Waals surface area contributed by atoms with Crippen molar-refractivity contribution >= 4 is 35.1 Å². The summed E-state index contributed by atoms with van der Waals surface area (Å²) in [5.41, 5.74) is 6.46. The largest absolute Gasteiger partial charge is 0.450 e. The third-order valence-corrected chi connectivity index (χ3v) is 3.90. The molecule has 0 aliphatic rings. The van der Waals surface area contributed by atoms with Crippen LogP contribution in [0.25, 0.3) is 0 Å². The summed E-state index contributed by atoms with van der Waals surface area (Å²) < 4.78 is 4.80. The Bertz CT molecular complexity index is 827. The van der Waals surface area contributed by atoms with Crippen molar-refractivity contribution in [3.05, 3.63) is 64.7 Å². The lowest BCUT2D eigenvalue weighted by atomic mass is 10.0. The van der Waals surface area contributed by atoms with Crippen molar-refractivity contribution in [2.45, 2.75) is 6.92 Å². The predicted molar refractivity (Wildman–Crippen MR) is 103 cm³/mol. The highest BCUT2D eigenvalue weighted by molar-refractivity contribution is 6.31. The maximum absolute atomic E-state index is 12.9. The van der Waals surface area contributed by atoms with Gasteiger partial charge in [0.1, 0.15) is 6.67 Å². The lowest BCUT2D eigenvalue weighted by Gasteiger charge is -2.25. The summed E-state index contributed by atoms with van der Waals surface area (Å²) in [6, 6.07) is 13.2. The fourth-order valence-electron chi connectivity index (χ4n) is 2.41. The highest BCUT2D eigenvalue weighted by atomic mass is 35.5. The number of hydrogen-bond acceptors (Lipinski definition) is 5. The van der Waals surface area contributed by atoms with Gasteiger partial charge in [-0.25, -0.2) is 4.79 Å². The summed E-state index contributed by atoms with van der Waals surface area (Å²) >= 11 is 6.07. The summed E-state index contributed by atoms with van der Waals surface area (Å²) in [6.07, 6.45) is -0.683. The van der Waals surface area contributed by atoms with Gasteiger partial charge in [0, 0.05) is 16.1 Å². The minimum absolute atomic E-state index is 0.190. The molecular weight excluding hydrogens is 370 g/mol. The van der Waals surface area contributed by atoms with Crippen LogP contribution in [0.3, 0.4) is 0 Å². The zero-order valence-corrected chi connectivity index (χ0v) is 15.5. The summed E-state index contributed by atoms with van der Waals surface area (Å²) in [4.78, 5) is 38.1. The van der Waals surface area contributed by atoms with Crippen LogP contribution in [0.2, 0.25) is 5.02 Å². The van der Waals surface area contributed by atoms with E-state index in [-0.39, 0.29) is 31.2 Å². The smallest absolute Gasteiger partial charge is 0.408 e. The molecule has 8 heteroatoms. The second kappa shape index (κ2) is 9.70. The Morgan fingerprint density at radius 2 is 1.85 bits per heavy atom. The quantitative estimate of drug-likeness (QED) is 0.559. The number of carbonyl (C=O) groups excluding carboxylic acids is 3. The van der Waals surface area contributed by atoms with Gasteiger partial charge in [0.15, 0.2) is 5.78 Å². The van der Waals surface area contributed by atoms with Crippen LogP contribution in [0.1, 0.15) is 22.8 Å². The third kappa shape index (κ3) is 5.29. The first-order chi connectivity index (χ1) is 13.0. The van der Waals surface area contributed by atoms with E-state index in [4.69, 9.17) is 22.1 Å². The van der Waals surface area contributed by atoms with E-state index in [9.17, 15) is 14.4 Å². The van der Waals surface area contributed by atoms with Gasteiger partial charge in [-0.1, -0.05) is 41.9 Å². The van der Waals surface area contributed by atoms with E-state index >= 15 is 0 Å². The molecule has 0 spiro atoms. The first kappa shape index (κ1) is 20.4. The number of rotatable bonds is 7. The molecule has 0 bridgehead atoms. The molecule has 2 aromatic carbocycles. The van der Waals surface area contributed by atoms with Crippen LogP contribution in [0.5, 0.6) is 0 Å². The average Bonchev–Trinajstić information content (AvgIpc) is 2.69. The minimum Gasteiger partial charge on any atom is -0.450 e. The molecule has 0 aromatic heterocycles. The van der Waals surface area contributed by atoms with Crippen molar-refractivity contribution in [3.63, 3.8) is 0 Å². The maximum atomic E-state index is 12.9. The lowest BCUT2D eigenvalue weighted by molar-refractivity contribution is -0.117. The Balaban J connectivity index is 2.41. The highest BCUT2D eigenvalue weighted by Gasteiger charge is 2.23. The first-order valence-electron chi connectivity index (χ1n) is 8.28. The van der Waals surface area contributed by atoms with Crippen LogP contribution < -0.4 is 16.0 Å². The van der Waals surface area contributed by atoms with E-state index in [0.29, 0.717) is 16.3 Å². The average molecular weight is 390 g/mol. The third-order valence-electron chi connectivity index (χ3n) is 3.66. The monoisotopic (exact) mass is 389 g/mol. The van der Waals surface area contributed by atoms with Crippen LogP contribution in [0.4, 0.5) is 10.5 Å². The Hall–Kier alpha value is -2.90. The summed E-state index contributed by atoms with van der Waals surface area (Å²) in [5.74, 6) is -0.782. The van der Waals surface area contributed by atoms with Gasteiger partial charge in [0.2, 0.25) is 5.91 Å². The number of nitrogens with two attached hydrogens (primary N) is 1. The molecule has 2 aromatic rings. The van der Waals surface area contributed by atoms with E-state index < -0.39 is 12.0 Å². The molecule has 142 valence electrons. The second-order valence-electron chi connectivity index (χ2n) is 5.44. The molecule has 0 saturated carbocycles. The number of nitrogens with one attached hydrogen (secondary N) is 1. The number of nitrogens with zero attached hydrogens (tertiary/aromatic N) is 1. The van der Waals surface area contributed by atoms with E-state index in [2.05, 4.69) is 5.32 Å². The maximum Gasteiger partial charge on any atom is 0.408 e. The highest BCUT2D eigenvalue weighted by Crippen LogP contribution is 2.27. The molecule has 0 atom stereocenters. The molecule has 2 rings (SSSR count). The van der Waals surface area contributed by atoms with E-state index in [0.717, 1.165) is 0 Å². The number of ketones is 1. The van der Waals surface area contributed by atoms with Gasteiger partial charge in [0.25, 0.3) is 0 Å². The van der Waals surface area contributed by atoms with Gasteiger partial charge in [-0.3, -0.25) is 14.5 Å². The molecule has 0 aliphatic heterocycles. The second-order valence-corrected chi connectivity index (χ2v) is 5.87. The molecule has 7 nitrogen and oxygen atoms in total. The SMILES string of the molecule is CCOC(=O)NCN(C(=O)CN)c1ccc(Cl)cc1C(=O)c1ccccc1. The molecule has 2 amide bonds. The van der Waals surface area contributed by atoms with Crippen LogP contribution in [0, 0.1) is 0 Å². The standard InChI is InChI=1S/C19H20ClN3O4/c1-2-27-19(26)22-12-23(17(24)11-21)16-9-8-14(20)10-15(16)18(25)13-6-4-3-5-7-13/h3-10H,2,11-12,21H2,1H3,(H,22,26). The van der Waals surface area contributed by atoms with Crippen molar-refractivity contribution in [2.24, 2.45) is 5.73 Å². The molecule has 27 heavy (non-hydrogen) atoms. The molecule has 0 fully saturated rings. The van der Waals surface area contributed by atoms with E-state index in [1.54, 1.807) is 49.4 Å². The lowest BCUT2D eigenvalue weighted by Crippen LogP contribution is -2.44.